The molecule has 15 heteroatoms. The topological polar surface area (TPSA) is 135 Å². The number of anilines is 3. The molecule has 1 atom stereocenters. The predicted molar refractivity (Wildman–Crippen MR) is 161 cm³/mol. The molecule has 0 bridgehead atoms. The molecule has 0 fully saturated rings. The fourth-order valence-electron chi connectivity index (χ4n) is 4.43. The van der Waals surface area contributed by atoms with Crippen molar-refractivity contribution in [3.05, 3.63) is 108 Å². The number of hydrogen-bond acceptors (Lipinski definition) is 7. The minimum atomic E-state index is -4.67. The Bertz CT molecular complexity index is 1900. The third-order valence-corrected chi connectivity index (χ3v) is 6.78. The molecule has 0 aliphatic heterocycles. The number of aromatic nitrogens is 3. The van der Waals surface area contributed by atoms with Gasteiger partial charge in [0.1, 0.15) is 11.6 Å². The molecule has 5 N–H and O–H groups in total. The Labute approximate surface area is 263 Å². The molecule has 2 amide bonds. The van der Waals surface area contributed by atoms with E-state index < -0.39 is 35.6 Å². The first kappa shape index (κ1) is 32.7. The number of ether oxygens (including phenoxy) is 1. The van der Waals surface area contributed by atoms with Crippen LogP contribution in [0.2, 0.25) is 0 Å². The molecule has 2 aromatic heterocycles. The lowest BCUT2D eigenvalue weighted by Gasteiger charge is -2.16. The van der Waals surface area contributed by atoms with Gasteiger partial charge in [-0.3, -0.25) is 0 Å². The van der Waals surface area contributed by atoms with Crippen LogP contribution < -0.4 is 21.1 Å². The summed E-state index contributed by atoms with van der Waals surface area (Å²) in [5, 5.41) is 14.8. The van der Waals surface area contributed by atoms with Crippen LogP contribution in [0.25, 0.3) is 22.3 Å². The van der Waals surface area contributed by atoms with Gasteiger partial charge in [-0.2, -0.15) is 26.3 Å². The maximum Gasteiger partial charge on any atom is 0.417 e. The largest absolute Gasteiger partial charge is 0.424 e. The summed E-state index contributed by atoms with van der Waals surface area (Å²) in [5.74, 6) is 0.152. The SMILES string of the molecule is CC(O)c1cccc(-c2ccc(C(F)(F)F)cc2NC(=O)Nc2cnc(Oc3ccc(-c4cc(C(F)(F)F)cnc4N)cc3)nc2)c1. The Morgan fingerprint density at radius 3 is 2.11 bits per heavy atom. The average Bonchev–Trinajstić information content (AvgIpc) is 3.02. The molecule has 0 radical (unpaired) electrons. The molecule has 1 unspecified atom stereocenters. The number of nitrogen functional groups attached to an aromatic ring is 1. The van der Waals surface area contributed by atoms with Crippen molar-refractivity contribution in [3.63, 3.8) is 0 Å². The van der Waals surface area contributed by atoms with Crippen molar-refractivity contribution in [2.75, 3.05) is 16.4 Å². The van der Waals surface area contributed by atoms with E-state index in [9.17, 15) is 36.2 Å². The van der Waals surface area contributed by atoms with E-state index in [0.717, 1.165) is 18.2 Å². The number of benzene rings is 3. The van der Waals surface area contributed by atoms with Gasteiger partial charge in [0.15, 0.2) is 0 Å². The Morgan fingerprint density at radius 1 is 0.787 bits per heavy atom. The highest BCUT2D eigenvalue weighted by Crippen LogP contribution is 2.37. The van der Waals surface area contributed by atoms with Crippen LogP contribution in [0.15, 0.2) is 91.4 Å². The number of aliphatic hydroxyl groups is 1. The molecule has 0 spiro atoms. The number of halogens is 6. The second kappa shape index (κ2) is 13.0. The molecule has 47 heavy (non-hydrogen) atoms. The van der Waals surface area contributed by atoms with Crippen molar-refractivity contribution < 1.29 is 41.0 Å². The van der Waals surface area contributed by atoms with E-state index in [-0.39, 0.29) is 40.1 Å². The lowest BCUT2D eigenvalue weighted by atomic mass is 9.98. The van der Waals surface area contributed by atoms with Gasteiger partial charge in [0.25, 0.3) is 0 Å². The standard InChI is InChI=1S/C32H24F6N6O3/c1-17(45)19-3-2-4-20(11-19)25-10-7-21(31(33,34)35)13-27(25)44-29(46)43-23-15-41-30(42-16-23)47-24-8-5-18(6-9-24)26-12-22(32(36,37)38)14-40-28(26)39/h2-17,45H,1H3,(H2,39,40)(H2,43,44,46). The monoisotopic (exact) mass is 654 g/mol. The first-order valence-corrected chi connectivity index (χ1v) is 13.7. The first-order chi connectivity index (χ1) is 22.2. The Kier molecular flexibility index (Phi) is 9.01. The van der Waals surface area contributed by atoms with E-state index >= 15 is 0 Å². The number of nitrogens with one attached hydrogen (secondary N) is 2. The molecule has 0 aliphatic rings. The van der Waals surface area contributed by atoms with Crippen molar-refractivity contribution >= 4 is 23.2 Å². The summed E-state index contributed by atoms with van der Waals surface area (Å²) < 4.78 is 85.3. The highest BCUT2D eigenvalue weighted by atomic mass is 19.4. The zero-order valence-corrected chi connectivity index (χ0v) is 24.2. The maximum atomic E-state index is 13.5. The van der Waals surface area contributed by atoms with Gasteiger partial charge in [-0.15, -0.1) is 0 Å². The van der Waals surface area contributed by atoms with Crippen LogP contribution in [-0.4, -0.2) is 26.1 Å². The van der Waals surface area contributed by atoms with Gasteiger partial charge in [-0.25, -0.2) is 19.7 Å². The summed E-state index contributed by atoms with van der Waals surface area (Å²) in [6, 6.07) is 15.2. The predicted octanol–water partition coefficient (Wildman–Crippen LogP) is 8.32. The van der Waals surface area contributed by atoms with Gasteiger partial charge in [0.2, 0.25) is 0 Å². The van der Waals surface area contributed by atoms with Gasteiger partial charge < -0.3 is 26.2 Å². The Balaban J connectivity index is 1.28. The van der Waals surface area contributed by atoms with E-state index in [1.54, 1.807) is 31.2 Å². The minimum Gasteiger partial charge on any atom is -0.424 e. The number of amides is 2. The second-order valence-corrected chi connectivity index (χ2v) is 10.2. The summed E-state index contributed by atoms with van der Waals surface area (Å²) in [7, 11) is 0. The molecule has 0 saturated heterocycles. The van der Waals surface area contributed by atoms with Gasteiger partial charge in [0.05, 0.1) is 41.0 Å². The van der Waals surface area contributed by atoms with E-state index in [1.165, 1.54) is 42.7 Å². The average molecular weight is 655 g/mol. The highest BCUT2D eigenvalue weighted by molar-refractivity contribution is 6.02. The van der Waals surface area contributed by atoms with E-state index in [1.807, 2.05) is 0 Å². The zero-order valence-electron chi connectivity index (χ0n) is 24.2. The molecule has 242 valence electrons. The summed E-state index contributed by atoms with van der Waals surface area (Å²) in [6.45, 7) is 1.55. The Hall–Kier alpha value is -5.70. The fourth-order valence-corrected chi connectivity index (χ4v) is 4.43. The molecule has 0 aliphatic carbocycles. The first-order valence-electron chi connectivity index (χ1n) is 13.7. The van der Waals surface area contributed by atoms with Crippen LogP contribution in [-0.2, 0) is 12.4 Å². The van der Waals surface area contributed by atoms with E-state index in [4.69, 9.17) is 10.5 Å². The van der Waals surface area contributed by atoms with E-state index in [2.05, 4.69) is 25.6 Å². The summed E-state index contributed by atoms with van der Waals surface area (Å²) in [4.78, 5) is 24.4. The van der Waals surface area contributed by atoms with E-state index in [0.29, 0.717) is 22.9 Å². The van der Waals surface area contributed by atoms with Crippen LogP contribution in [0.5, 0.6) is 11.8 Å². The van der Waals surface area contributed by atoms with Crippen LogP contribution in [0.3, 0.4) is 0 Å². The summed E-state index contributed by atoms with van der Waals surface area (Å²) >= 11 is 0. The molecule has 3 aromatic carbocycles. The number of carbonyl (C=O) groups is 1. The maximum absolute atomic E-state index is 13.5. The van der Waals surface area contributed by atoms with Gasteiger partial charge >= 0.3 is 24.4 Å². The molecule has 2 heterocycles. The van der Waals surface area contributed by atoms with Crippen molar-refractivity contribution in [1.29, 1.82) is 0 Å². The minimum absolute atomic E-state index is 0.0851. The number of urea groups is 1. The third-order valence-electron chi connectivity index (χ3n) is 6.78. The smallest absolute Gasteiger partial charge is 0.417 e. The van der Waals surface area contributed by atoms with Crippen molar-refractivity contribution in [1.82, 2.24) is 15.0 Å². The summed E-state index contributed by atoms with van der Waals surface area (Å²) in [5.41, 5.74) is 5.54. The lowest BCUT2D eigenvalue weighted by Crippen LogP contribution is -2.20. The van der Waals surface area contributed by atoms with Gasteiger partial charge in [0, 0.05) is 17.3 Å². The molecule has 5 aromatic rings. The third kappa shape index (κ3) is 7.94. The number of carbonyl (C=O) groups excluding carboxylic acids is 1. The normalized spacial score (nSPS) is 12.3. The van der Waals surface area contributed by atoms with Crippen molar-refractivity contribution in [2.24, 2.45) is 0 Å². The van der Waals surface area contributed by atoms with Gasteiger partial charge in [-0.1, -0.05) is 36.4 Å². The van der Waals surface area contributed by atoms with Crippen LogP contribution in [0, 0.1) is 0 Å². The lowest BCUT2D eigenvalue weighted by molar-refractivity contribution is -0.138. The molecule has 5 rings (SSSR count). The zero-order chi connectivity index (χ0) is 33.9. The van der Waals surface area contributed by atoms with Crippen LogP contribution in [0.4, 0.5) is 48.3 Å². The van der Waals surface area contributed by atoms with Crippen LogP contribution >= 0.6 is 0 Å². The molecular formula is C32H24F6N6O3. The quantitative estimate of drug-likeness (QED) is 0.130. The van der Waals surface area contributed by atoms with Crippen LogP contribution in [0.1, 0.15) is 29.7 Å². The number of rotatable bonds is 7. The number of aliphatic hydroxyl groups excluding tert-OH is 1. The highest BCUT2D eigenvalue weighted by Gasteiger charge is 2.32. The number of nitrogens with zero attached hydrogens (tertiary/aromatic N) is 3. The number of nitrogens with two attached hydrogens (primary N) is 1. The number of hydrogen-bond donors (Lipinski definition) is 4. The van der Waals surface area contributed by atoms with Crippen molar-refractivity contribution in [3.8, 4) is 34.0 Å². The number of pyridine rings is 1. The molecular weight excluding hydrogens is 630 g/mol. The second-order valence-electron chi connectivity index (χ2n) is 10.2. The fraction of sp³-hybridized carbons (Fsp3) is 0.125. The van der Waals surface area contributed by atoms with Crippen molar-refractivity contribution in [2.45, 2.75) is 25.4 Å². The van der Waals surface area contributed by atoms with Gasteiger partial charge in [-0.05, 0) is 60.0 Å². The number of alkyl halides is 6. The Morgan fingerprint density at radius 2 is 1.47 bits per heavy atom. The molecule has 0 saturated carbocycles. The summed E-state index contributed by atoms with van der Waals surface area (Å²) in [6.07, 6.45) is -7.03. The molecule has 9 nitrogen and oxygen atoms in total.